The van der Waals surface area contributed by atoms with Crippen LogP contribution >= 0.6 is 7.58 Å². The molecule has 4 nitrogen and oxygen atoms in total. The zero-order valence-corrected chi connectivity index (χ0v) is 9.35. The molecule has 0 heterocycles. The van der Waals surface area contributed by atoms with Crippen LogP contribution in [0.3, 0.4) is 0 Å². The molecule has 0 bridgehead atoms. The van der Waals surface area contributed by atoms with Crippen molar-refractivity contribution < 1.29 is 17.8 Å². The lowest BCUT2D eigenvalue weighted by molar-refractivity contribution is 0.186. The van der Waals surface area contributed by atoms with E-state index < -0.39 is 18.3 Å². The van der Waals surface area contributed by atoms with Crippen LogP contribution in [0.5, 0.6) is 0 Å². The van der Waals surface area contributed by atoms with Gasteiger partial charge in [-0.3, -0.25) is 4.21 Å². The van der Waals surface area contributed by atoms with Crippen molar-refractivity contribution in [2.24, 2.45) is 0 Å². The Kier molecular flexibility index (Phi) is 6.23. The lowest BCUT2D eigenvalue weighted by Gasteiger charge is -2.22. The van der Waals surface area contributed by atoms with Gasteiger partial charge < -0.3 is 13.6 Å². The standard InChI is InChI=1S/C6H15O4PS/c1-5(2)9-11(12(7)8)10-6(3)4/h5-6H,1-4H3,(H,7,8)/p-1. The van der Waals surface area contributed by atoms with Crippen LogP contribution in [-0.2, 0) is 19.7 Å². The van der Waals surface area contributed by atoms with Gasteiger partial charge in [0, 0.05) is 10.7 Å². The summed E-state index contributed by atoms with van der Waals surface area (Å²) in [5, 5.41) is 0. The van der Waals surface area contributed by atoms with Gasteiger partial charge in [0.15, 0.2) is 0 Å². The molecule has 0 spiro atoms. The van der Waals surface area contributed by atoms with Crippen molar-refractivity contribution in [3.63, 3.8) is 0 Å². The molecule has 0 aliphatic heterocycles. The molecule has 0 rings (SSSR count). The first kappa shape index (κ1) is 12.5. The maximum atomic E-state index is 10.5. The fourth-order valence-electron chi connectivity index (χ4n) is 0.439. The Morgan fingerprint density at radius 1 is 1.17 bits per heavy atom. The smallest absolute Gasteiger partial charge is 0.256 e. The predicted molar refractivity (Wildman–Crippen MR) is 48.3 cm³/mol. The Bertz CT molecular complexity index is 140. The number of hydrogen-bond acceptors (Lipinski definition) is 4. The van der Waals surface area contributed by atoms with Gasteiger partial charge in [-0.15, -0.1) is 0 Å². The summed E-state index contributed by atoms with van der Waals surface area (Å²) in [7, 11) is -4.06. The molecule has 0 amide bonds. The third kappa shape index (κ3) is 6.03. The van der Waals surface area contributed by atoms with E-state index in [-0.39, 0.29) is 12.2 Å². The van der Waals surface area contributed by atoms with E-state index in [9.17, 15) is 8.76 Å². The van der Waals surface area contributed by atoms with Crippen LogP contribution in [0.25, 0.3) is 0 Å². The summed E-state index contributed by atoms with van der Waals surface area (Å²) in [6, 6.07) is 0. The topological polar surface area (TPSA) is 58.6 Å². The van der Waals surface area contributed by atoms with Gasteiger partial charge in [-0.2, -0.15) is 0 Å². The molecule has 0 aliphatic rings. The van der Waals surface area contributed by atoms with Crippen LogP contribution in [-0.4, -0.2) is 21.0 Å². The second-order valence-electron chi connectivity index (χ2n) is 2.75. The first-order chi connectivity index (χ1) is 5.43. The second kappa shape index (κ2) is 6.00. The summed E-state index contributed by atoms with van der Waals surface area (Å²) >= 11 is 0. The van der Waals surface area contributed by atoms with Gasteiger partial charge in [0.2, 0.25) is 0 Å². The zero-order valence-electron chi connectivity index (χ0n) is 7.64. The zero-order chi connectivity index (χ0) is 9.72. The molecule has 0 radical (unpaired) electrons. The van der Waals surface area contributed by atoms with Gasteiger partial charge >= 0.3 is 0 Å². The van der Waals surface area contributed by atoms with E-state index in [2.05, 4.69) is 0 Å². The highest BCUT2D eigenvalue weighted by molar-refractivity contribution is 8.40. The molecule has 1 atom stereocenters. The van der Waals surface area contributed by atoms with Crippen LogP contribution in [0.2, 0.25) is 0 Å². The van der Waals surface area contributed by atoms with Crippen LogP contribution < -0.4 is 0 Å². The van der Waals surface area contributed by atoms with Gasteiger partial charge in [-0.25, -0.2) is 0 Å². The first-order valence-electron chi connectivity index (χ1n) is 3.66. The molecule has 0 aromatic rings. The minimum atomic E-state index is -2.27. The highest BCUT2D eigenvalue weighted by Crippen LogP contribution is 2.43. The fraction of sp³-hybridized carbons (Fsp3) is 1.00. The van der Waals surface area contributed by atoms with Gasteiger partial charge in [0.25, 0.3) is 7.58 Å². The van der Waals surface area contributed by atoms with E-state index in [4.69, 9.17) is 9.05 Å². The van der Waals surface area contributed by atoms with Crippen molar-refractivity contribution in [1.82, 2.24) is 0 Å². The van der Waals surface area contributed by atoms with Gasteiger partial charge in [0.05, 0.1) is 12.2 Å². The predicted octanol–water partition coefficient (Wildman–Crippen LogP) is 1.94. The summed E-state index contributed by atoms with van der Waals surface area (Å²) in [6.07, 6.45) is -0.263. The quantitative estimate of drug-likeness (QED) is 0.517. The minimum absolute atomic E-state index is 0.132. The maximum absolute atomic E-state index is 10.5. The molecule has 12 heavy (non-hydrogen) atoms. The lowest BCUT2D eigenvalue weighted by Crippen LogP contribution is -2.07. The maximum Gasteiger partial charge on any atom is 0.256 e. The van der Waals surface area contributed by atoms with Gasteiger partial charge in [0.1, 0.15) is 0 Å². The van der Waals surface area contributed by atoms with Crippen molar-refractivity contribution in [3.05, 3.63) is 0 Å². The van der Waals surface area contributed by atoms with E-state index in [1.807, 2.05) is 0 Å². The molecule has 74 valence electrons. The van der Waals surface area contributed by atoms with Crippen LogP contribution in [0.1, 0.15) is 27.7 Å². The highest BCUT2D eigenvalue weighted by atomic mass is 32.8. The Morgan fingerprint density at radius 3 is 1.67 bits per heavy atom. The molecule has 6 heteroatoms. The molecular formula is C6H14O4PS-. The number of hydrogen-bond donors (Lipinski definition) is 0. The van der Waals surface area contributed by atoms with Crippen LogP contribution in [0.15, 0.2) is 0 Å². The fourth-order valence-corrected chi connectivity index (χ4v) is 2.77. The average Bonchev–Trinajstić information content (AvgIpc) is 1.83. The Labute approximate surface area is 76.6 Å². The second-order valence-corrected chi connectivity index (χ2v) is 5.84. The summed E-state index contributed by atoms with van der Waals surface area (Å²) in [4.78, 5) is 0. The highest BCUT2D eigenvalue weighted by Gasteiger charge is 2.15. The molecule has 0 saturated heterocycles. The molecule has 0 aromatic carbocycles. The Hall–Kier alpha value is 0.460. The molecule has 0 aromatic heterocycles. The molecule has 0 fully saturated rings. The van der Waals surface area contributed by atoms with E-state index in [0.29, 0.717) is 0 Å². The van der Waals surface area contributed by atoms with Crippen LogP contribution in [0, 0.1) is 0 Å². The Morgan fingerprint density at radius 2 is 1.50 bits per heavy atom. The van der Waals surface area contributed by atoms with Crippen molar-refractivity contribution in [2.45, 2.75) is 39.9 Å². The SMILES string of the molecule is CC(C)OP(OC(C)C)S(=O)[O-]. The minimum Gasteiger partial charge on any atom is -0.765 e. The Balaban J connectivity index is 3.96. The van der Waals surface area contributed by atoms with E-state index in [1.54, 1.807) is 27.7 Å². The van der Waals surface area contributed by atoms with Gasteiger partial charge in [-0.1, -0.05) is 0 Å². The summed E-state index contributed by atoms with van der Waals surface area (Å²) < 4.78 is 31.2. The monoisotopic (exact) mass is 213 g/mol. The molecule has 1 unspecified atom stereocenters. The molecule has 0 N–H and O–H groups in total. The van der Waals surface area contributed by atoms with Crippen molar-refractivity contribution in [3.8, 4) is 0 Å². The normalized spacial score (nSPS) is 14.7. The molecule has 0 saturated carbocycles. The van der Waals surface area contributed by atoms with E-state index in [1.165, 1.54) is 0 Å². The van der Waals surface area contributed by atoms with E-state index >= 15 is 0 Å². The summed E-state index contributed by atoms with van der Waals surface area (Å²) in [6.45, 7) is 7.08. The van der Waals surface area contributed by atoms with E-state index in [0.717, 1.165) is 0 Å². The summed E-state index contributed by atoms with van der Waals surface area (Å²) in [5.74, 6) is 0. The van der Waals surface area contributed by atoms with Crippen molar-refractivity contribution in [2.75, 3.05) is 0 Å². The van der Waals surface area contributed by atoms with Crippen molar-refractivity contribution in [1.29, 1.82) is 0 Å². The van der Waals surface area contributed by atoms with Crippen molar-refractivity contribution >= 4 is 18.3 Å². The third-order valence-electron chi connectivity index (χ3n) is 0.715. The summed E-state index contributed by atoms with van der Waals surface area (Å²) in [5.41, 5.74) is 0. The van der Waals surface area contributed by atoms with Crippen LogP contribution in [0.4, 0.5) is 0 Å². The average molecular weight is 213 g/mol. The number of rotatable bonds is 5. The lowest BCUT2D eigenvalue weighted by atomic mass is 10.5. The largest absolute Gasteiger partial charge is 0.765 e. The first-order valence-corrected chi connectivity index (χ1v) is 6.52. The molecular weight excluding hydrogens is 199 g/mol. The van der Waals surface area contributed by atoms with Gasteiger partial charge in [-0.05, 0) is 27.7 Å². The third-order valence-corrected chi connectivity index (χ3v) is 3.39. The molecule has 0 aliphatic carbocycles.